The van der Waals surface area contributed by atoms with Crippen molar-refractivity contribution in [2.24, 2.45) is 11.1 Å². The van der Waals surface area contributed by atoms with Gasteiger partial charge in [-0.15, -0.1) is 0 Å². The molecule has 1 unspecified atom stereocenters. The molecule has 4 heteroatoms. The van der Waals surface area contributed by atoms with Crippen LogP contribution < -0.4 is 5.73 Å². The molecule has 1 heterocycles. The molecule has 1 atom stereocenters. The lowest BCUT2D eigenvalue weighted by atomic mass is 9.97. The van der Waals surface area contributed by atoms with Crippen molar-refractivity contribution >= 4 is 15.9 Å². The Labute approximate surface area is 99.2 Å². The van der Waals surface area contributed by atoms with Crippen molar-refractivity contribution < 1.29 is 0 Å². The first-order valence-corrected chi connectivity index (χ1v) is 6.34. The first-order chi connectivity index (χ1) is 7.08. The molecule has 0 aliphatic heterocycles. The van der Waals surface area contributed by atoms with Gasteiger partial charge in [0.25, 0.3) is 0 Å². The number of hydrogen-bond acceptors (Lipinski definition) is 2. The van der Waals surface area contributed by atoms with Crippen LogP contribution in [0.4, 0.5) is 0 Å². The second-order valence-corrected chi connectivity index (χ2v) is 5.59. The zero-order valence-corrected chi connectivity index (χ0v) is 10.9. The molecule has 0 spiro atoms. The molecular formula is C11H18BrN3. The molecule has 1 aromatic rings. The summed E-state index contributed by atoms with van der Waals surface area (Å²) in [6.07, 6.45) is 5.41. The van der Waals surface area contributed by atoms with Gasteiger partial charge in [0.05, 0.1) is 22.4 Å². The van der Waals surface area contributed by atoms with Gasteiger partial charge in [-0.3, -0.25) is 4.68 Å². The van der Waals surface area contributed by atoms with Crippen molar-refractivity contribution in [2.45, 2.75) is 45.7 Å². The molecule has 0 aromatic carbocycles. The molecule has 15 heavy (non-hydrogen) atoms. The van der Waals surface area contributed by atoms with E-state index in [1.54, 1.807) is 0 Å². The summed E-state index contributed by atoms with van der Waals surface area (Å²) < 4.78 is 3.09. The van der Waals surface area contributed by atoms with Crippen LogP contribution in [-0.2, 0) is 6.54 Å². The van der Waals surface area contributed by atoms with Crippen molar-refractivity contribution in [1.82, 2.24) is 9.78 Å². The lowest BCUT2D eigenvalue weighted by Gasteiger charge is -2.20. The normalized spacial score (nSPS) is 20.3. The van der Waals surface area contributed by atoms with E-state index >= 15 is 0 Å². The second-order valence-electron chi connectivity index (χ2n) is 4.73. The van der Waals surface area contributed by atoms with Gasteiger partial charge in [-0.25, -0.2) is 0 Å². The van der Waals surface area contributed by atoms with E-state index in [2.05, 4.69) is 34.9 Å². The Morgan fingerprint density at radius 3 is 2.87 bits per heavy atom. The van der Waals surface area contributed by atoms with Gasteiger partial charge in [0, 0.05) is 6.54 Å². The summed E-state index contributed by atoms with van der Waals surface area (Å²) >= 11 is 3.54. The van der Waals surface area contributed by atoms with Gasteiger partial charge in [-0.2, -0.15) is 5.10 Å². The Morgan fingerprint density at radius 2 is 2.33 bits per heavy atom. The SMILES string of the molecule is CCCn1ncc(Br)c1C(N)C1(C)CC1. The predicted octanol–water partition coefficient (Wildman–Crippen LogP) is 2.86. The van der Waals surface area contributed by atoms with E-state index in [0.29, 0.717) is 5.41 Å². The highest BCUT2D eigenvalue weighted by Gasteiger charge is 2.45. The third-order valence-corrected chi connectivity index (χ3v) is 3.96. The molecule has 0 radical (unpaired) electrons. The van der Waals surface area contributed by atoms with Crippen LogP contribution in [0, 0.1) is 5.41 Å². The number of hydrogen-bond donors (Lipinski definition) is 1. The zero-order valence-electron chi connectivity index (χ0n) is 9.33. The number of aryl methyl sites for hydroxylation is 1. The van der Waals surface area contributed by atoms with Gasteiger partial charge in [-0.1, -0.05) is 13.8 Å². The summed E-state index contributed by atoms with van der Waals surface area (Å²) in [5.74, 6) is 0. The van der Waals surface area contributed by atoms with Gasteiger partial charge >= 0.3 is 0 Å². The summed E-state index contributed by atoms with van der Waals surface area (Å²) in [5.41, 5.74) is 7.78. The average molecular weight is 272 g/mol. The van der Waals surface area contributed by atoms with Crippen LogP contribution in [0.5, 0.6) is 0 Å². The lowest BCUT2D eigenvalue weighted by Crippen LogP contribution is -2.24. The Balaban J connectivity index is 2.28. The summed E-state index contributed by atoms with van der Waals surface area (Å²) in [6.45, 7) is 5.36. The highest BCUT2D eigenvalue weighted by atomic mass is 79.9. The topological polar surface area (TPSA) is 43.8 Å². The minimum atomic E-state index is 0.112. The first kappa shape index (κ1) is 11.1. The van der Waals surface area contributed by atoms with E-state index in [-0.39, 0.29) is 6.04 Å². The Hall–Kier alpha value is -0.350. The molecule has 3 nitrogen and oxygen atoms in total. The summed E-state index contributed by atoms with van der Waals surface area (Å²) in [7, 11) is 0. The highest BCUT2D eigenvalue weighted by Crippen LogP contribution is 2.54. The monoisotopic (exact) mass is 271 g/mol. The standard InChI is InChI=1S/C11H18BrN3/c1-3-6-15-9(8(12)7-14-15)10(13)11(2)4-5-11/h7,10H,3-6,13H2,1-2H3. The molecule has 84 valence electrons. The Morgan fingerprint density at radius 1 is 1.67 bits per heavy atom. The zero-order chi connectivity index (χ0) is 11.1. The number of rotatable bonds is 4. The molecule has 0 bridgehead atoms. The summed E-state index contributed by atoms with van der Waals surface area (Å²) in [4.78, 5) is 0. The van der Waals surface area contributed by atoms with Gasteiger partial charge in [0.1, 0.15) is 0 Å². The fourth-order valence-corrected chi connectivity index (χ4v) is 2.45. The fraction of sp³-hybridized carbons (Fsp3) is 0.727. The molecule has 2 rings (SSSR count). The van der Waals surface area contributed by atoms with Crippen molar-refractivity contribution in [1.29, 1.82) is 0 Å². The lowest BCUT2D eigenvalue weighted by molar-refractivity contribution is 0.411. The van der Waals surface area contributed by atoms with Crippen LogP contribution in [0.2, 0.25) is 0 Å². The Kier molecular flexibility index (Phi) is 2.90. The molecule has 1 aromatic heterocycles. The first-order valence-electron chi connectivity index (χ1n) is 5.55. The number of halogens is 1. The van der Waals surface area contributed by atoms with Crippen molar-refractivity contribution in [3.05, 3.63) is 16.4 Å². The van der Waals surface area contributed by atoms with Gasteiger partial charge in [-0.05, 0) is 40.6 Å². The molecule has 2 N–H and O–H groups in total. The molecule has 1 fully saturated rings. The van der Waals surface area contributed by atoms with Crippen LogP contribution in [0.15, 0.2) is 10.7 Å². The predicted molar refractivity (Wildman–Crippen MR) is 64.5 cm³/mol. The number of aromatic nitrogens is 2. The van der Waals surface area contributed by atoms with Gasteiger partial charge in [0.2, 0.25) is 0 Å². The molecule has 0 saturated heterocycles. The maximum absolute atomic E-state index is 6.32. The van der Waals surface area contributed by atoms with Gasteiger partial charge < -0.3 is 5.73 Å². The maximum Gasteiger partial charge on any atom is 0.0699 e. The van der Waals surface area contributed by atoms with Crippen LogP contribution in [-0.4, -0.2) is 9.78 Å². The molecule has 1 saturated carbocycles. The van der Waals surface area contributed by atoms with E-state index < -0.39 is 0 Å². The van der Waals surface area contributed by atoms with Crippen molar-refractivity contribution in [3.63, 3.8) is 0 Å². The maximum atomic E-state index is 6.32. The summed E-state index contributed by atoms with van der Waals surface area (Å²) in [5, 5.41) is 4.36. The summed E-state index contributed by atoms with van der Waals surface area (Å²) in [6, 6.07) is 0.112. The average Bonchev–Trinajstić information content (AvgIpc) is 2.85. The smallest absolute Gasteiger partial charge is 0.0699 e. The van der Waals surface area contributed by atoms with Crippen molar-refractivity contribution in [3.8, 4) is 0 Å². The third kappa shape index (κ3) is 1.97. The Bertz CT molecular complexity index is 355. The highest BCUT2D eigenvalue weighted by molar-refractivity contribution is 9.10. The van der Waals surface area contributed by atoms with E-state index in [0.717, 1.165) is 23.1 Å². The third-order valence-electron chi connectivity index (χ3n) is 3.35. The minimum Gasteiger partial charge on any atom is -0.322 e. The molecular weight excluding hydrogens is 254 g/mol. The van der Waals surface area contributed by atoms with Crippen LogP contribution in [0.25, 0.3) is 0 Å². The van der Waals surface area contributed by atoms with Crippen molar-refractivity contribution in [2.75, 3.05) is 0 Å². The van der Waals surface area contributed by atoms with E-state index in [9.17, 15) is 0 Å². The van der Waals surface area contributed by atoms with E-state index in [1.807, 2.05) is 10.9 Å². The van der Waals surface area contributed by atoms with E-state index in [1.165, 1.54) is 12.8 Å². The molecule has 0 amide bonds. The van der Waals surface area contributed by atoms with E-state index in [4.69, 9.17) is 5.73 Å². The largest absolute Gasteiger partial charge is 0.322 e. The fourth-order valence-electron chi connectivity index (χ4n) is 1.91. The van der Waals surface area contributed by atoms with Gasteiger partial charge in [0.15, 0.2) is 0 Å². The molecule has 1 aliphatic carbocycles. The minimum absolute atomic E-state index is 0.112. The second kappa shape index (κ2) is 3.91. The van der Waals surface area contributed by atoms with Crippen LogP contribution >= 0.6 is 15.9 Å². The molecule has 1 aliphatic rings. The van der Waals surface area contributed by atoms with Crippen LogP contribution in [0.1, 0.15) is 44.8 Å². The van der Waals surface area contributed by atoms with Crippen LogP contribution in [0.3, 0.4) is 0 Å². The number of nitrogens with two attached hydrogens (primary N) is 1. The number of nitrogens with zero attached hydrogens (tertiary/aromatic N) is 2. The quantitative estimate of drug-likeness (QED) is 0.915.